The van der Waals surface area contributed by atoms with Gasteiger partial charge in [0.2, 0.25) is 0 Å². The maximum atomic E-state index is 12.1. The largest absolute Gasteiger partial charge is 0.573 e. The molecule has 0 spiro atoms. The highest BCUT2D eigenvalue weighted by atomic mass is 35.5. The van der Waals surface area contributed by atoms with Crippen molar-refractivity contribution in [3.63, 3.8) is 0 Å². The van der Waals surface area contributed by atoms with Gasteiger partial charge in [-0.1, -0.05) is 315 Å². The normalized spacial score (nSPS) is 12.3. The van der Waals surface area contributed by atoms with Crippen LogP contribution in [0.25, 0.3) is 0 Å². The third-order valence-corrected chi connectivity index (χ3v) is 39.0. The Morgan fingerprint density at radius 2 is 0.407 bits per heavy atom. The van der Waals surface area contributed by atoms with Crippen molar-refractivity contribution in [1.82, 2.24) is 0 Å². The zero-order valence-corrected chi connectivity index (χ0v) is 94.1. The van der Waals surface area contributed by atoms with Crippen LogP contribution in [0.15, 0.2) is 291 Å². The number of rotatable bonds is 41. The predicted octanol–water partition coefficient (Wildman–Crippen LogP) is 28.3. The fourth-order valence-corrected chi connectivity index (χ4v) is 20.8. The van der Waals surface area contributed by atoms with Crippen molar-refractivity contribution < 1.29 is 73.2 Å². The summed E-state index contributed by atoms with van der Waals surface area (Å²) in [6.07, 6.45) is 7.51. The molecule has 12 aromatic carbocycles. The fraction of sp³-hybridized carbons (Fsp3) is 0.405. The summed E-state index contributed by atoms with van der Waals surface area (Å²) < 4.78 is 189. The van der Waals surface area contributed by atoms with Crippen molar-refractivity contribution >= 4 is 70.6 Å². The standard InChI is InChI=1S/2C22H30O2S.C21H28O2S.C19H21F3O3S.C19H24O3S.C18H21ClO2S/c1-17(2)25(23,24)16-20-10-8-18(9-11-20)6-7-19-12-14-21(15-13-19)22(3,4)5;1-5-18(4)22-14-12-20(13-15-22)7-6-19-8-10-21(11-9-19)16-25(23,24)17(2)3;1-16(2)21-13-11-19(12-14-21)6-5-18-7-9-20(10-8-18)15-24(22,23)17(3)4;1-14(2)26(23,24)13-17-7-5-15(6-8-17)3-4-16-9-11-18(12-10-16)25-19(20,21)22;1-15(2)23(20,21)14-18-8-6-16(7-9-18)4-5-17-10-12-19(22-3)13-11-17;1-14(2)22(20,21)13-17-7-5-15(6-8-17)3-4-16-9-11-18(19)12-10-16/h8-15,17H,6-7,16H2,1-5H3;8-15,17-18H,5-7,16H2,1-4H3;7-14,16-17H,5-6,15H2,1-4H3;5-12,14H,3-4,13H2,1-2H3;6-13,15H,4-5,14H2,1-3H3;5-12,14H,3-4,13H2,1-2H3. The molecular formula is C121H154ClF3O14S6. The maximum Gasteiger partial charge on any atom is 0.573 e. The minimum absolute atomic E-state index is 0.0195. The van der Waals surface area contributed by atoms with Crippen LogP contribution < -0.4 is 9.47 Å². The van der Waals surface area contributed by atoms with Crippen LogP contribution >= 0.6 is 11.6 Å². The highest BCUT2D eigenvalue weighted by Gasteiger charge is 2.31. The first-order valence-electron chi connectivity index (χ1n) is 50.2. The fourth-order valence-electron chi connectivity index (χ4n) is 14.7. The summed E-state index contributed by atoms with van der Waals surface area (Å²) in [6.45, 7) is 36.1. The van der Waals surface area contributed by atoms with E-state index in [9.17, 15) is 63.7 Å². The summed E-state index contributed by atoms with van der Waals surface area (Å²) in [6, 6.07) is 95.4. The van der Waals surface area contributed by atoms with E-state index in [2.05, 4.69) is 162 Å². The second kappa shape index (κ2) is 57.5. The highest BCUT2D eigenvalue weighted by molar-refractivity contribution is 7.92. The first kappa shape index (κ1) is 122. The molecule has 0 aromatic heterocycles. The molecule has 0 aliphatic heterocycles. The van der Waals surface area contributed by atoms with E-state index in [1.54, 1.807) is 114 Å². The third kappa shape index (κ3) is 44.5. The van der Waals surface area contributed by atoms with Crippen molar-refractivity contribution in [1.29, 1.82) is 0 Å². The molecule has 14 nitrogen and oxygen atoms in total. The van der Waals surface area contributed by atoms with Crippen LogP contribution in [0.1, 0.15) is 267 Å². The molecule has 0 amide bonds. The number of methoxy groups -OCH3 is 1. The number of halogens is 4. The van der Waals surface area contributed by atoms with E-state index in [4.69, 9.17) is 16.3 Å². The van der Waals surface area contributed by atoms with Gasteiger partial charge in [0.25, 0.3) is 0 Å². The molecule has 12 rings (SSSR count). The van der Waals surface area contributed by atoms with Crippen molar-refractivity contribution in [2.75, 3.05) is 7.11 Å². The first-order chi connectivity index (χ1) is 68.0. The van der Waals surface area contributed by atoms with Crippen molar-refractivity contribution in [2.24, 2.45) is 0 Å². The summed E-state index contributed by atoms with van der Waals surface area (Å²) in [5.41, 5.74) is 24.0. The predicted molar refractivity (Wildman–Crippen MR) is 598 cm³/mol. The van der Waals surface area contributed by atoms with Gasteiger partial charge >= 0.3 is 6.36 Å². The van der Waals surface area contributed by atoms with Crippen LogP contribution in [0.4, 0.5) is 13.2 Å². The van der Waals surface area contributed by atoms with Gasteiger partial charge in [0.1, 0.15) is 11.5 Å². The average molecular weight is 2120 g/mol. The van der Waals surface area contributed by atoms with E-state index in [1.165, 1.54) is 84.5 Å². The number of benzene rings is 12. The molecule has 0 radical (unpaired) electrons. The SMILES string of the molecule is CC(C)S(=O)(=O)Cc1ccc(CCc2ccc(C(C)(C)C)cc2)cc1.CC(C)S(=O)(=O)Cc1ccc(CCc2ccc(Cl)cc2)cc1.CC(C)S(=O)(=O)Cc1ccc(CCc2ccc(OC(F)(F)F)cc2)cc1.CC(C)c1ccc(CCc2ccc(CS(=O)(=O)C(C)C)cc2)cc1.CCC(C)c1ccc(CCc2ccc(CS(=O)(=O)C(C)C)cc2)cc1.COc1ccc(CCc2ccc(CS(=O)(=O)C(C)C)cc2)cc1. The smallest absolute Gasteiger partial charge is 0.497 e. The second-order valence-corrected chi connectivity index (χ2v) is 56.4. The van der Waals surface area contributed by atoms with Crippen LogP contribution in [-0.4, -0.2) is 95.5 Å². The molecule has 145 heavy (non-hydrogen) atoms. The van der Waals surface area contributed by atoms with Crippen LogP contribution in [-0.2, 0) is 176 Å². The summed E-state index contributed by atoms with van der Waals surface area (Å²) in [7, 11) is -16.6. The third-order valence-electron chi connectivity index (χ3n) is 25.7. The van der Waals surface area contributed by atoms with Gasteiger partial charge in [-0.05, 0) is 337 Å². The van der Waals surface area contributed by atoms with Crippen LogP contribution in [0.3, 0.4) is 0 Å². The van der Waals surface area contributed by atoms with Gasteiger partial charge in [-0.25, -0.2) is 50.5 Å². The molecule has 1 atom stereocenters. The molecule has 0 saturated heterocycles. The molecule has 0 bridgehead atoms. The average Bonchev–Trinajstić information content (AvgIpc) is 0.850. The number of aryl methyl sites for hydroxylation is 12. The Bertz CT molecular complexity index is 6620. The lowest BCUT2D eigenvalue weighted by atomic mass is 9.86. The monoisotopic (exact) mass is 2110 g/mol. The molecule has 0 aliphatic rings. The summed E-state index contributed by atoms with van der Waals surface area (Å²) in [5.74, 6) is 2.43. The first-order valence-corrected chi connectivity index (χ1v) is 60.9. The number of hydrogen-bond acceptors (Lipinski definition) is 14. The van der Waals surface area contributed by atoms with Crippen molar-refractivity contribution in [3.05, 3.63) is 413 Å². The zero-order valence-electron chi connectivity index (χ0n) is 88.4. The van der Waals surface area contributed by atoms with E-state index in [0.29, 0.717) is 24.7 Å². The Balaban J connectivity index is 0.000000236. The maximum absolute atomic E-state index is 12.1. The molecule has 0 fully saturated rings. The number of hydrogen-bond donors (Lipinski definition) is 0. The lowest BCUT2D eigenvalue weighted by Crippen LogP contribution is -2.17. The van der Waals surface area contributed by atoms with E-state index >= 15 is 0 Å². The number of alkyl halides is 3. The lowest BCUT2D eigenvalue weighted by molar-refractivity contribution is -0.274. The summed E-state index contributed by atoms with van der Waals surface area (Å²) in [4.78, 5) is 0. The molecule has 12 aromatic rings. The Hall–Kier alpha value is -9.98. The van der Waals surface area contributed by atoms with Gasteiger partial charge in [0, 0.05) is 5.02 Å². The van der Waals surface area contributed by atoms with E-state index in [-0.39, 0.29) is 71.9 Å². The van der Waals surface area contributed by atoms with Crippen LogP contribution in [0.5, 0.6) is 11.5 Å². The Kier molecular flexibility index (Phi) is 48.4. The minimum atomic E-state index is -4.69. The topological polar surface area (TPSA) is 223 Å². The van der Waals surface area contributed by atoms with Gasteiger partial charge in [0.05, 0.1) is 73.1 Å². The van der Waals surface area contributed by atoms with Gasteiger partial charge in [-0.3, -0.25) is 0 Å². The van der Waals surface area contributed by atoms with E-state index in [0.717, 1.165) is 126 Å². The molecule has 0 N–H and O–H groups in total. The Morgan fingerprint density at radius 1 is 0.241 bits per heavy atom. The minimum Gasteiger partial charge on any atom is -0.497 e. The molecule has 0 aliphatic carbocycles. The Labute approximate surface area is 873 Å². The molecular weight excluding hydrogens is 1960 g/mol. The highest BCUT2D eigenvalue weighted by Crippen LogP contribution is 2.29. The molecule has 24 heteroatoms. The van der Waals surface area contributed by atoms with Crippen LogP contribution in [0.2, 0.25) is 5.02 Å². The summed E-state index contributed by atoms with van der Waals surface area (Å²) in [5, 5.41) is -1.32. The van der Waals surface area contributed by atoms with Gasteiger partial charge < -0.3 is 9.47 Å². The zero-order chi connectivity index (χ0) is 107. The summed E-state index contributed by atoms with van der Waals surface area (Å²) >= 11 is 5.87. The van der Waals surface area contributed by atoms with Gasteiger partial charge in [-0.15, -0.1) is 13.2 Å². The molecule has 786 valence electrons. The number of sulfone groups is 6. The van der Waals surface area contributed by atoms with Crippen molar-refractivity contribution in [3.8, 4) is 11.5 Å². The van der Waals surface area contributed by atoms with Gasteiger partial charge in [0.15, 0.2) is 59.0 Å². The quantitative estimate of drug-likeness (QED) is 0.0348. The lowest BCUT2D eigenvalue weighted by Gasteiger charge is -2.19. The Morgan fingerprint density at radius 3 is 0.579 bits per heavy atom. The molecule has 0 saturated carbocycles. The molecule has 0 heterocycles. The van der Waals surface area contributed by atoms with Crippen molar-refractivity contribution in [2.45, 2.75) is 305 Å². The number of ether oxygens (including phenoxy) is 2. The van der Waals surface area contributed by atoms with E-state index < -0.39 is 70.6 Å². The second-order valence-electron chi connectivity index (χ2n) is 40.6. The van der Waals surface area contributed by atoms with Crippen LogP contribution in [0, 0.1) is 0 Å². The van der Waals surface area contributed by atoms with Gasteiger partial charge in [-0.2, -0.15) is 0 Å². The molecule has 1 unspecified atom stereocenters. The van der Waals surface area contributed by atoms with E-state index in [1.807, 2.05) is 146 Å².